The van der Waals surface area contributed by atoms with Crippen LogP contribution in [0.3, 0.4) is 0 Å². The fraction of sp³-hybridized carbons (Fsp3) is 0.154. The average molecular weight is 388 g/mol. The molecule has 3 rings (SSSR count). The maximum atomic E-state index is 12.7. The van der Waals surface area contributed by atoms with Gasteiger partial charge in [-0.1, -0.05) is 15.9 Å². The van der Waals surface area contributed by atoms with E-state index < -0.39 is 28.4 Å². The molecule has 23 heavy (non-hydrogen) atoms. The second-order valence-electron chi connectivity index (χ2n) is 4.70. The summed E-state index contributed by atoms with van der Waals surface area (Å²) in [5, 5.41) is 11.1. The monoisotopic (exact) mass is 387 g/mol. The fourth-order valence-electron chi connectivity index (χ4n) is 2.40. The number of nitrogens with zero attached hydrogens (tertiary/aromatic N) is 3. The quantitative estimate of drug-likeness (QED) is 0.381. The van der Waals surface area contributed by atoms with Crippen LogP contribution >= 0.6 is 15.9 Å². The first-order valence-electron chi connectivity index (χ1n) is 6.10. The van der Waals surface area contributed by atoms with Crippen LogP contribution in [0.2, 0.25) is 0 Å². The third-order valence-corrected chi connectivity index (χ3v) is 3.94. The lowest BCUT2D eigenvalue weighted by atomic mass is 10.0. The first-order valence-corrected chi connectivity index (χ1v) is 7.22. The zero-order chi connectivity index (χ0) is 16.9. The molecular weight excluding hydrogens is 383 g/mol. The molecule has 0 N–H and O–H groups in total. The van der Waals surface area contributed by atoms with E-state index in [2.05, 4.69) is 25.9 Å². The van der Waals surface area contributed by atoms with Crippen molar-refractivity contribution in [2.45, 2.75) is 11.5 Å². The van der Waals surface area contributed by atoms with E-state index in [9.17, 15) is 28.1 Å². The smallest absolute Gasteiger partial charge is 0.287 e. The first-order chi connectivity index (χ1) is 10.7. The number of carbonyl (C=O) groups excluding carboxylic acids is 1. The molecule has 0 saturated carbocycles. The van der Waals surface area contributed by atoms with Gasteiger partial charge in [0.2, 0.25) is 11.6 Å². The Hall–Kier alpha value is -2.36. The van der Waals surface area contributed by atoms with E-state index in [4.69, 9.17) is 0 Å². The van der Waals surface area contributed by atoms with Crippen molar-refractivity contribution < 1.29 is 22.9 Å². The topological polar surface area (TPSA) is 86.0 Å². The summed E-state index contributed by atoms with van der Waals surface area (Å²) in [5.41, 5.74) is 0.110. The molecule has 1 heterocycles. The molecule has 0 bridgehead atoms. The van der Waals surface area contributed by atoms with Crippen molar-refractivity contribution in [2.24, 2.45) is 0 Å². The molecule has 1 aliphatic carbocycles. The van der Waals surface area contributed by atoms with Gasteiger partial charge in [0.25, 0.3) is 5.69 Å². The van der Waals surface area contributed by atoms with Crippen molar-refractivity contribution in [2.75, 3.05) is 0 Å². The Morgan fingerprint density at radius 2 is 1.96 bits per heavy atom. The van der Waals surface area contributed by atoms with Gasteiger partial charge in [0, 0.05) is 40.4 Å². The zero-order valence-corrected chi connectivity index (χ0v) is 12.6. The normalized spacial score (nSPS) is 13.0. The van der Waals surface area contributed by atoms with Crippen molar-refractivity contribution in [3.05, 3.63) is 51.1 Å². The molecule has 0 amide bonds. The number of benzene rings is 1. The van der Waals surface area contributed by atoms with E-state index in [-0.39, 0.29) is 22.1 Å². The fourth-order valence-corrected chi connectivity index (χ4v) is 2.84. The molecule has 1 aromatic heterocycles. The van der Waals surface area contributed by atoms with Crippen LogP contribution in [0.15, 0.2) is 18.3 Å². The van der Waals surface area contributed by atoms with E-state index in [0.717, 1.165) is 12.3 Å². The Morgan fingerprint density at radius 3 is 2.52 bits per heavy atom. The number of hydrogen-bond acceptors (Lipinski definition) is 5. The van der Waals surface area contributed by atoms with Crippen LogP contribution < -0.4 is 0 Å². The summed E-state index contributed by atoms with van der Waals surface area (Å²) in [5.74, 6) is -2.21. The van der Waals surface area contributed by atoms with Gasteiger partial charge < -0.3 is 0 Å². The predicted molar refractivity (Wildman–Crippen MR) is 75.2 cm³/mol. The Balaban J connectivity index is 2.27. The Kier molecular flexibility index (Phi) is 3.43. The number of non-ortho nitro benzene ring substituents is 1. The van der Waals surface area contributed by atoms with Gasteiger partial charge in [-0.25, -0.2) is 9.97 Å². The minimum atomic E-state index is -4.78. The van der Waals surface area contributed by atoms with Gasteiger partial charge in [-0.3, -0.25) is 14.9 Å². The lowest BCUT2D eigenvalue weighted by molar-refractivity contribution is -0.384. The molecule has 0 unspecified atom stereocenters. The maximum absolute atomic E-state index is 12.7. The van der Waals surface area contributed by atoms with Crippen molar-refractivity contribution >= 4 is 27.4 Å². The highest BCUT2D eigenvalue weighted by Crippen LogP contribution is 2.41. The standard InChI is InChI=1S/C13H5BrF3N3O3/c14-3-5-1-6(20(22)23)2-7-9(5)8-4-18-12(13(15,16)17)19-10(8)11(7)21/h1-2,4H,3H2. The molecule has 10 heteroatoms. The van der Waals surface area contributed by atoms with E-state index >= 15 is 0 Å². The third-order valence-electron chi connectivity index (χ3n) is 3.33. The van der Waals surface area contributed by atoms with Crippen LogP contribution in [0.1, 0.15) is 27.4 Å². The first kappa shape index (κ1) is 15.5. The van der Waals surface area contributed by atoms with Gasteiger partial charge in [0.15, 0.2) is 0 Å². The van der Waals surface area contributed by atoms with Crippen LogP contribution in [0, 0.1) is 10.1 Å². The molecule has 0 saturated heterocycles. The molecule has 0 spiro atoms. The van der Waals surface area contributed by atoms with E-state index in [1.54, 1.807) is 0 Å². The highest BCUT2D eigenvalue weighted by molar-refractivity contribution is 9.08. The van der Waals surface area contributed by atoms with Gasteiger partial charge in [-0.2, -0.15) is 13.2 Å². The van der Waals surface area contributed by atoms with Crippen LogP contribution in [0.4, 0.5) is 18.9 Å². The number of ketones is 1. The highest BCUT2D eigenvalue weighted by atomic mass is 79.9. The lowest BCUT2D eigenvalue weighted by Gasteiger charge is -2.07. The Morgan fingerprint density at radius 1 is 1.26 bits per heavy atom. The summed E-state index contributed by atoms with van der Waals surface area (Å²) >= 11 is 3.16. The number of hydrogen-bond donors (Lipinski definition) is 0. The largest absolute Gasteiger partial charge is 0.451 e. The number of fused-ring (bicyclic) bond motifs is 3. The number of carbonyl (C=O) groups is 1. The number of alkyl halides is 4. The number of nitro benzene ring substituents is 1. The van der Waals surface area contributed by atoms with Crippen molar-refractivity contribution in [1.82, 2.24) is 9.97 Å². The summed E-state index contributed by atoms with van der Waals surface area (Å²) in [6.45, 7) is 0. The second-order valence-corrected chi connectivity index (χ2v) is 5.26. The third kappa shape index (κ3) is 2.38. The molecular formula is C13H5BrF3N3O3. The minimum Gasteiger partial charge on any atom is -0.287 e. The molecule has 1 aromatic carbocycles. The summed E-state index contributed by atoms with van der Waals surface area (Å²) in [4.78, 5) is 29.1. The predicted octanol–water partition coefficient (Wildman–Crippen LogP) is 3.51. The number of halogens is 4. The minimum absolute atomic E-state index is 0.0442. The number of rotatable bonds is 2. The van der Waals surface area contributed by atoms with Gasteiger partial charge in [0.1, 0.15) is 5.69 Å². The summed E-state index contributed by atoms with van der Waals surface area (Å²) < 4.78 is 38.1. The van der Waals surface area contributed by atoms with Gasteiger partial charge in [0.05, 0.1) is 4.92 Å². The molecule has 0 aliphatic heterocycles. The van der Waals surface area contributed by atoms with Gasteiger partial charge in [-0.15, -0.1) is 0 Å². The van der Waals surface area contributed by atoms with Crippen LogP contribution in [-0.2, 0) is 11.5 Å². The molecule has 2 aromatic rings. The molecule has 118 valence electrons. The highest BCUT2D eigenvalue weighted by Gasteiger charge is 2.39. The average Bonchev–Trinajstić information content (AvgIpc) is 2.78. The number of nitro groups is 1. The van der Waals surface area contributed by atoms with E-state index in [1.165, 1.54) is 6.07 Å². The Labute approximate surface area is 134 Å². The van der Waals surface area contributed by atoms with Gasteiger partial charge in [-0.05, 0) is 5.56 Å². The van der Waals surface area contributed by atoms with Crippen molar-refractivity contribution in [3.8, 4) is 11.1 Å². The number of aromatic nitrogens is 2. The molecule has 6 nitrogen and oxygen atoms in total. The Bertz CT molecular complexity index is 868. The van der Waals surface area contributed by atoms with Crippen LogP contribution in [-0.4, -0.2) is 20.7 Å². The van der Waals surface area contributed by atoms with E-state index in [0.29, 0.717) is 11.1 Å². The summed E-state index contributed by atoms with van der Waals surface area (Å²) in [6, 6.07) is 2.30. The molecule has 0 atom stereocenters. The zero-order valence-electron chi connectivity index (χ0n) is 11.0. The van der Waals surface area contributed by atoms with Crippen molar-refractivity contribution in [3.63, 3.8) is 0 Å². The van der Waals surface area contributed by atoms with E-state index in [1.807, 2.05) is 0 Å². The van der Waals surface area contributed by atoms with Crippen LogP contribution in [0.25, 0.3) is 11.1 Å². The molecule has 1 aliphatic rings. The van der Waals surface area contributed by atoms with Crippen LogP contribution in [0.5, 0.6) is 0 Å². The van der Waals surface area contributed by atoms with Crippen molar-refractivity contribution in [1.29, 1.82) is 0 Å². The van der Waals surface area contributed by atoms with Gasteiger partial charge >= 0.3 is 6.18 Å². The SMILES string of the molecule is O=C1c2cc([N+](=O)[O-])cc(CBr)c2-c2cnc(C(F)(F)F)nc21. The maximum Gasteiger partial charge on any atom is 0.451 e. The summed E-state index contributed by atoms with van der Waals surface area (Å²) in [6.07, 6.45) is -3.86. The second kappa shape index (κ2) is 5.08. The summed E-state index contributed by atoms with van der Waals surface area (Å²) in [7, 11) is 0. The molecule has 0 fully saturated rings. The molecule has 0 radical (unpaired) electrons. The lowest BCUT2D eigenvalue weighted by Crippen LogP contribution is -2.13.